The van der Waals surface area contributed by atoms with Gasteiger partial charge in [-0.15, -0.1) is 12.4 Å². The van der Waals surface area contributed by atoms with Crippen LogP contribution < -0.4 is 5.32 Å². The first-order chi connectivity index (χ1) is 4.27. The van der Waals surface area contributed by atoms with Gasteiger partial charge in [-0.1, -0.05) is 19.8 Å². The lowest BCUT2D eigenvalue weighted by atomic mass is 9.93. The maximum atomic E-state index is 13.0. The molecule has 0 aromatic heterocycles. The van der Waals surface area contributed by atoms with Crippen molar-refractivity contribution in [2.75, 3.05) is 13.1 Å². The Morgan fingerprint density at radius 1 is 1.50 bits per heavy atom. The van der Waals surface area contributed by atoms with E-state index in [-0.39, 0.29) is 12.4 Å². The summed E-state index contributed by atoms with van der Waals surface area (Å²) in [6.45, 7) is 3.25. The Bertz CT molecular complexity index is 93.6. The highest BCUT2D eigenvalue weighted by Crippen LogP contribution is 2.22. The van der Waals surface area contributed by atoms with Crippen LogP contribution in [-0.4, -0.2) is 18.8 Å². The van der Waals surface area contributed by atoms with Gasteiger partial charge in [0.05, 0.1) is 0 Å². The summed E-state index contributed by atoms with van der Waals surface area (Å²) in [5.41, 5.74) is -0.837. The van der Waals surface area contributed by atoms with Crippen LogP contribution in [0.15, 0.2) is 0 Å². The smallest absolute Gasteiger partial charge is 0.135 e. The van der Waals surface area contributed by atoms with Gasteiger partial charge in [0.15, 0.2) is 0 Å². The van der Waals surface area contributed by atoms with Crippen LogP contribution in [0.5, 0.6) is 0 Å². The van der Waals surface area contributed by atoms with E-state index in [0.717, 1.165) is 19.3 Å². The molecule has 62 valence electrons. The first-order valence-corrected chi connectivity index (χ1v) is 3.66. The van der Waals surface area contributed by atoms with Gasteiger partial charge in [-0.2, -0.15) is 0 Å². The lowest BCUT2D eigenvalue weighted by Gasteiger charge is -2.34. The monoisotopic (exact) mass is 167 g/mol. The molecule has 0 radical (unpaired) electrons. The van der Waals surface area contributed by atoms with Crippen molar-refractivity contribution in [3.8, 4) is 0 Å². The predicted octanol–water partition coefficient (Wildman–Crippen LogP) is 1.91. The highest BCUT2D eigenvalue weighted by molar-refractivity contribution is 5.85. The number of halogens is 2. The summed E-state index contributed by atoms with van der Waals surface area (Å²) in [7, 11) is 0. The Morgan fingerprint density at radius 2 is 2.10 bits per heavy atom. The predicted molar refractivity (Wildman–Crippen MR) is 43.5 cm³/mol. The molecule has 0 atom stereocenters. The maximum absolute atomic E-state index is 13.0. The number of hydrogen-bond donors (Lipinski definition) is 1. The second kappa shape index (κ2) is 4.14. The summed E-state index contributed by atoms with van der Waals surface area (Å²) < 4.78 is 13.0. The Kier molecular flexibility index (Phi) is 4.22. The molecule has 1 saturated heterocycles. The minimum absolute atomic E-state index is 0. The van der Waals surface area contributed by atoms with Crippen LogP contribution in [0.4, 0.5) is 4.39 Å². The minimum atomic E-state index is -0.837. The summed E-state index contributed by atoms with van der Waals surface area (Å²) in [5, 5.41) is 2.94. The lowest BCUT2D eigenvalue weighted by molar-refractivity contribution is 0.0779. The molecular formula is C7H15ClFN. The van der Waals surface area contributed by atoms with E-state index in [4.69, 9.17) is 0 Å². The van der Waals surface area contributed by atoms with Crippen molar-refractivity contribution in [1.82, 2.24) is 5.32 Å². The zero-order valence-electron chi connectivity index (χ0n) is 6.32. The van der Waals surface area contributed by atoms with E-state index in [1.165, 1.54) is 0 Å². The van der Waals surface area contributed by atoms with Crippen molar-refractivity contribution in [1.29, 1.82) is 0 Å². The standard InChI is InChI=1S/C7H14FN.ClH/c1-2-3-4-7(8)5-9-6-7;/h9H,2-6H2,1H3;1H. The van der Waals surface area contributed by atoms with E-state index in [9.17, 15) is 4.39 Å². The van der Waals surface area contributed by atoms with Gasteiger partial charge in [0.1, 0.15) is 5.67 Å². The molecule has 1 heterocycles. The molecule has 1 fully saturated rings. The fourth-order valence-electron chi connectivity index (χ4n) is 1.07. The molecule has 0 aromatic rings. The van der Waals surface area contributed by atoms with Crippen LogP contribution in [0, 0.1) is 0 Å². The van der Waals surface area contributed by atoms with Crippen LogP contribution in [0.1, 0.15) is 26.2 Å². The van der Waals surface area contributed by atoms with Crippen molar-refractivity contribution in [2.45, 2.75) is 31.9 Å². The molecule has 0 aliphatic carbocycles. The van der Waals surface area contributed by atoms with Gasteiger partial charge in [-0.3, -0.25) is 0 Å². The van der Waals surface area contributed by atoms with Crippen LogP contribution in [-0.2, 0) is 0 Å². The van der Waals surface area contributed by atoms with Crippen molar-refractivity contribution in [3.63, 3.8) is 0 Å². The van der Waals surface area contributed by atoms with Crippen molar-refractivity contribution >= 4 is 12.4 Å². The molecule has 10 heavy (non-hydrogen) atoms. The van der Waals surface area contributed by atoms with E-state index in [1.54, 1.807) is 0 Å². The van der Waals surface area contributed by atoms with Crippen LogP contribution in [0.2, 0.25) is 0 Å². The van der Waals surface area contributed by atoms with Gasteiger partial charge in [-0.05, 0) is 6.42 Å². The zero-order valence-corrected chi connectivity index (χ0v) is 7.14. The maximum Gasteiger partial charge on any atom is 0.135 e. The summed E-state index contributed by atoms with van der Waals surface area (Å²) in [4.78, 5) is 0. The molecule has 1 aliphatic rings. The summed E-state index contributed by atoms with van der Waals surface area (Å²) in [6, 6.07) is 0. The Morgan fingerprint density at radius 3 is 2.40 bits per heavy atom. The summed E-state index contributed by atoms with van der Waals surface area (Å²) in [5.74, 6) is 0. The zero-order chi connectivity index (χ0) is 6.74. The molecule has 0 bridgehead atoms. The first kappa shape index (κ1) is 10.2. The van der Waals surface area contributed by atoms with Crippen LogP contribution >= 0.6 is 12.4 Å². The Hall–Kier alpha value is 0.180. The number of alkyl halides is 1. The quantitative estimate of drug-likeness (QED) is 0.677. The van der Waals surface area contributed by atoms with Gasteiger partial charge in [0, 0.05) is 13.1 Å². The van der Waals surface area contributed by atoms with Crippen LogP contribution in [0.25, 0.3) is 0 Å². The fraction of sp³-hybridized carbons (Fsp3) is 1.00. The number of unbranched alkanes of at least 4 members (excludes halogenated alkanes) is 1. The molecule has 1 N–H and O–H groups in total. The van der Waals surface area contributed by atoms with Gasteiger partial charge in [-0.25, -0.2) is 4.39 Å². The molecular weight excluding hydrogens is 153 g/mol. The number of rotatable bonds is 3. The molecule has 1 rings (SSSR count). The fourth-order valence-corrected chi connectivity index (χ4v) is 1.07. The minimum Gasteiger partial charge on any atom is -0.310 e. The molecule has 0 amide bonds. The highest BCUT2D eigenvalue weighted by Gasteiger charge is 2.35. The largest absolute Gasteiger partial charge is 0.310 e. The Balaban J connectivity index is 0.000000810. The molecule has 0 unspecified atom stereocenters. The average Bonchev–Trinajstić information content (AvgIpc) is 1.79. The third-order valence-corrected chi connectivity index (χ3v) is 1.86. The van der Waals surface area contributed by atoms with E-state index >= 15 is 0 Å². The van der Waals surface area contributed by atoms with E-state index in [0.29, 0.717) is 13.1 Å². The number of nitrogens with one attached hydrogen (secondary N) is 1. The van der Waals surface area contributed by atoms with E-state index in [2.05, 4.69) is 12.2 Å². The molecule has 1 aliphatic heterocycles. The molecule has 0 aromatic carbocycles. The van der Waals surface area contributed by atoms with Gasteiger partial charge in [0.2, 0.25) is 0 Å². The van der Waals surface area contributed by atoms with Crippen molar-refractivity contribution in [3.05, 3.63) is 0 Å². The average molecular weight is 168 g/mol. The lowest BCUT2D eigenvalue weighted by Crippen LogP contribution is -2.56. The van der Waals surface area contributed by atoms with Crippen molar-refractivity contribution < 1.29 is 4.39 Å². The third-order valence-electron chi connectivity index (χ3n) is 1.86. The van der Waals surface area contributed by atoms with Crippen molar-refractivity contribution in [2.24, 2.45) is 0 Å². The molecule has 0 saturated carbocycles. The topological polar surface area (TPSA) is 12.0 Å². The molecule has 3 heteroatoms. The Labute approximate surface area is 67.8 Å². The van der Waals surface area contributed by atoms with Gasteiger partial charge >= 0.3 is 0 Å². The second-order valence-corrected chi connectivity index (χ2v) is 2.86. The third kappa shape index (κ3) is 2.43. The van der Waals surface area contributed by atoms with Crippen LogP contribution in [0.3, 0.4) is 0 Å². The molecule has 1 nitrogen and oxygen atoms in total. The highest BCUT2D eigenvalue weighted by atomic mass is 35.5. The normalized spacial score (nSPS) is 21.0. The summed E-state index contributed by atoms with van der Waals surface area (Å²) >= 11 is 0. The molecule has 0 spiro atoms. The van der Waals surface area contributed by atoms with Gasteiger partial charge in [0.25, 0.3) is 0 Å². The SMILES string of the molecule is CCCCC1(F)CNC1.Cl. The van der Waals surface area contributed by atoms with Gasteiger partial charge < -0.3 is 5.32 Å². The first-order valence-electron chi connectivity index (χ1n) is 3.66. The number of hydrogen-bond acceptors (Lipinski definition) is 1. The van der Waals surface area contributed by atoms with E-state index in [1.807, 2.05) is 0 Å². The summed E-state index contributed by atoms with van der Waals surface area (Å²) in [6.07, 6.45) is 2.88. The van der Waals surface area contributed by atoms with E-state index < -0.39 is 5.67 Å². The second-order valence-electron chi connectivity index (χ2n) is 2.86.